The Bertz CT molecular complexity index is 386. The Morgan fingerprint density at radius 2 is 2.18 bits per heavy atom. The molecule has 1 aliphatic heterocycles. The van der Waals surface area contributed by atoms with Crippen molar-refractivity contribution in [3.63, 3.8) is 0 Å². The van der Waals surface area contributed by atoms with Gasteiger partial charge >= 0.3 is 5.97 Å². The van der Waals surface area contributed by atoms with Crippen LogP contribution >= 0.6 is 11.3 Å². The molecule has 1 saturated heterocycles. The van der Waals surface area contributed by atoms with E-state index < -0.39 is 5.97 Å². The van der Waals surface area contributed by atoms with Gasteiger partial charge in [-0.25, -0.2) is 4.98 Å². The van der Waals surface area contributed by atoms with Crippen LogP contribution in [0.2, 0.25) is 0 Å². The summed E-state index contributed by atoms with van der Waals surface area (Å²) in [6.45, 7) is 4.12. The molecule has 0 amide bonds. The zero-order valence-electron chi connectivity index (χ0n) is 9.93. The number of hydrogen-bond donors (Lipinski definition) is 1. The molecule has 1 aromatic rings. The molecule has 0 unspecified atom stereocenters. The summed E-state index contributed by atoms with van der Waals surface area (Å²) in [6, 6.07) is 0. The minimum absolute atomic E-state index is 0.159. The first kappa shape index (κ1) is 12.3. The molecule has 0 atom stereocenters. The summed E-state index contributed by atoms with van der Waals surface area (Å²) in [6.07, 6.45) is 0.686. The highest BCUT2D eigenvalue weighted by molar-refractivity contribution is 7.13. The van der Waals surface area contributed by atoms with Crippen molar-refractivity contribution in [1.82, 2.24) is 9.88 Å². The Balaban J connectivity index is 1.91. The number of carboxylic acids is 1. The van der Waals surface area contributed by atoms with E-state index in [4.69, 9.17) is 5.11 Å². The Labute approximate surface area is 105 Å². The summed E-state index contributed by atoms with van der Waals surface area (Å²) in [5.74, 6) is -0.765. The van der Waals surface area contributed by atoms with Crippen LogP contribution in [-0.2, 0) is 11.2 Å². The molecule has 1 fully saturated rings. The molecule has 0 aliphatic carbocycles. The van der Waals surface area contributed by atoms with E-state index in [2.05, 4.69) is 21.8 Å². The first-order valence-electron chi connectivity index (χ1n) is 5.75. The fourth-order valence-electron chi connectivity index (χ4n) is 1.79. The van der Waals surface area contributed by atoms with E-state index in [9.17, 15) is 4.79 Å². The van der Waals surface area contributed by atoms with E-state index >= 15 is 0 Å². The van der Waals surface area contributed by atoms with Crippen molar-refractivity contribution in [3.8, 4) is 0 Å². The van der Waals surface area contributed by atoms with Crippen LogP contribution in [0, 0.1) is 0 Å². The van der Waals surface area contributed by atoms with Gasteiger partial charge in [-0.1, -0.05) is 0 Å². The fourth-order valence-corrected chi connectivity index (χ4v) is 2.70. The number of hydrogen-bond acceptors (Lipinski definition) is 5. The quantitative estimate of drug-likeness (QED) is 0.866. The molecule has 94 valence electrons. The minimum Gasteiger partial charge on any atom is -0.481 e. The smallest absolute Gasteiger partial charge is 0.303 e. The van der Waals surface area contributed by atoms with E-state index in [1.807, 2.05) is 5.38 Å². The van der Waals surface area contributed by atoms with E-state index in [-0.39, 0.29) is 6.42 Å². The second kappa shape index (κ2) is 5.46. The van der Waals surface area contributed by atoms with Crippen LogP contribution in [0.15, 0.2) is 5.38 Å². The third-order valence-corrected chi connectivity index (χ3v) is 3.86. The molecule has 2 rings (SSSR count). The molecule has 0 spiro atoms. The first-order valence-corrected chi connectivity index (χ1v) is 6.63. The van der Waals surface area contributed by atoms with E-state index in [1.54, 1.807) is 11.3 Å². The van der Waals surface area contributed by atoms with Crippen molar-refractivity contribution in [2.45, 2.75) is 12.8 Å². The van der Waals surface area contributed by atoms with Gasteiger partial charge in [0.2, 0.25) is 0 Å². The summed E-state index contributed by atoms with van der Waals surface area (Å²) in [5, 5.41) is 11.6. The number of likely N-dealkylation sites (N-methyl/N-ethyl adjacent to an activating group) is 1. The lowest BCUT2D eigenvalue weighted by atomic mass is 10.2. The SMILES string of the molecule is CN1CCN(c2nc(CCC(=O)O)cs2)CC1. The zero-order valence-corrected chi connectivity index (χ0v) is 10.7. The standard InChI is InChI=1S/C11H17N3O2S/c1-13-4-6-14(7-5-13)11-12-9(8-17-11)2-3-10(15)16/h8H,2-7H2,1H3,(H,15,16). The van der Waals surface area contributed by atoms with Crippen molar-refractivity contribution in [3.05, 3.63) is 11.1 Å². The van der Waals surface area contributed by atoms with Crippen LogP contribution in [0.5, 0.6) is 0 Å². The molecule has 5 nitrogen and oxygen atoms in total. The van der Waals surface area contributed by atoms with Gasteiger partial charge in [0.05, 0.1) is 12.1 Å². The number of rotatable bonds is 4. The van der Waals surface area contributed by atoms with E-state index in [0.29, 0.717) is 6.42 Å². The van der Waals surface area contributed by atoms with Gasteiger partial charge in [0, 0.05) is 38.0 Å². The Morgan fingerprint density at radius 3 is 2.82 bits per heavy atom. The van der Waals surface area contributed by atoms with Crippen LogP contribution in [0.4, 0.5) is 5.13 Å². The Hall–Kier alpha value is -1.14. The van der Waals surface area contributed by atoms with Crippen molar-refractivity contribution >= 4 is 22.4 Å². The lowest BCUT2D eigenvalue weighted by Crippen LogP contribution is -2.44. The Morgan fingerprint density at radius 1 is 1.47 bits per heavy atom. The van der Waals surface area contributed by atoms with Crippen molar-refractivity contribution in [2.75, 3.05) is 38.1 Å². The van der Waals surface area contributed by atoms with Crippen molar-refractivity contribution < 1.29 is 9.90 Å². The normalized spacial score (nSPS) is 17.4. The number of aromatic nitrogens is 1. The second-order valence-corrected chi connectivity index (χ2v) is 5.14. The number of piperazine rings is 1. The van der Waals surface area contributed by atoms with Crippen molar-refractivity contribution in [2.24, 2.45) is 0 Å². The predicted octanol–water partition coefficient (Wildman–Crippen LogP) is 0.912. The van der Waals surface area contributed by atoms with Gasteiger partial charge < -0.3 is 14.9 Å². The third kappa shape index (κ3) is 3.41. The number of carboxylic acid groups (broad SMARTS) is 1. The highest BCUT2D eigenvalue weighted by Gasteiger charge is 2.17. The number of thiazole rings is 1. The van der Waals surface area contributed by atoms with E-state index in [0.717, 1.165) is 37.0 Å². The summed E-state index contributed by atoms with van der Waals surface area (Å²) in [5.41, 5.74) is 0.895. The number of aliphatic carboxylic acids is 1. The highest BCUT2D eigenvalue weighted by Crippen LogP contribution is 2.22. The highest BCUT2D eigenvalue weighted by atomic mass is 32.1. The topological polar surface area (TPSA) is 56.7 Å². The van der Waals surface area contributed by atoms with Gasteiger partial charge in [0.15, 0.2) is 5.13 Å². The number of nitrogens with zero attached hydrogens (tertiary/aromatic N) is 3. The molecule has 2 heterocycles. The Kier molecular flexibility index (Phi) is 3.96. The lowest BCUT2D eigenvalue weighted by Gasteiger charge is -2.32. The van der Waals surface area contributed by atoms with Gasteiger partial charge in [-0.05, 0) is 7.05 Å². The lowest BCUT2D eigenvalue weighted by molar-refractivity contribution is -0.136. The summed E-state index contributed by atoms with van der Waals surface area (Å²) >= 11 is 1.61. The minimum atomic E-state index is -0.765. The molecule has 0 saturated carbocycles. The van der Waals surface area contributed by atoms with E-state index in [1.165, 1.54) is 0 Å². The molecule has 1 aromatic heterocycles. The maximum Gasteiger partial charge on any atom is 0.303 e. The van der Waals surface area contributed by atoms with Crippen LogP contribution in [0.3, 0.4) is 0 Å². The fraction of sp³-hybridized carbons (Fsp3) is 0.636. The van der Waals surface area contributed by atoms with Gasteiger partial charge in [0.1, 0.15) is 0 Å². The van der Waals surface area contributed by atoms with Gasteiger partial charge in [-0.15, -0.1) is 11.3 Å². The zero-order chi connectivity index (χ0) is 12.3. The third-order valence-electron chi connectivity index (χ3n) is 2.91. The summed E-state index contributed by atoms with van der Waals surface area (Å²) < 4.78 is 0. The molecular weight excluding hydrogens is 238 g/mol. The molecule has 6 heteroatoms. The summed E-state index contributed by atoms with van der Waals surface area (Å²) in [7, 11) is 2.12. The largest absolute Gasteiger partial charge is 0.481 e. The molecule has 17 heavy (non-hydrogen) atoms. The first-order chi connectivity index (χ1) is 8.15. The van der Waals surface area contributed by atoms with Crippen LogP contribution in [-0.4, -0.2) is 54.2 Å². The second-order valence-electron chi connectivity index (χ2n) is 4.31. The molecule has 0 radical (unpaired) electrons. The molecule has 0 bridgehead atoms. The molecule has 0 aromatic carbocycles. The van der Waals surface area contributed by atoms with Crippen LogP contribution in [0.1, 0.15) is 12.1 Å². The summed E-state index contributed by atoms with van der Waals surface area (Å²) in [4.78, 5) is 19.5. The maximum atomic E-state index is 10.5. The number of carbonyl (C=O) groups is 1. The van der Waals surface area contributed by atoms with Crippen LogP contribution in [0.25, 0.3) is 0 Å². The van der Waals surface area contributed by atoms with Crippen molar-refractivity contribution in [1.29, 1.82) is 0 Å². The average molecular weight is 255 g/mol. The predicted molar refractivity (Wildman–Crippen MR) is 67.8 cm³/mol. The molecule has 1 N–H and O–H groups in total. The number of aryl methyl sites for hydroxylation is 1. The molecular formula is C11H17N3O2S. The molecule has 1 aliphatic rings. The van der Waals surface area contributed by atoms with Gasteiger partial charge in [-0.3, -0.25) is 4.79 Å². The number of anilines is 1. The van der Waals surface area contributed by atoms with Gasteiger partial charge in [-0.2, -0.15) is 0 Å². The average Bonchev–Trinajstić information content (AvgIpc) is 2.76. The van der Waals surface area contributed by atoms with Gasteiger partial charge in [0.25, 0.3) is 0 Å². The van der Waals surface area contributed by atoms with Crippen LogP contribution < -0.4 is 4.90 Å². The maximum absolute atomic E-state index is 10.5. The monoisotopic (exact) mass is 255 g/mol.